The number of hydrogen-bond acceptors (Lipinski definition) is 2. The predicted octanol–water partition coefficient (Wildman–Crippen LogP) is 3.29. The van der Waals surface area contributed by atoms with Crippen molar-refractivity contribution in [2.45, 2.75) is 18.9 Å². The van der Waals surface area contributed by atoms with E-state index in [1.807, 2.05) is 31.2 Å². The summed E-state index contributed by atoms with van der Waals surface area (Å²) in [5, 5.41) is 0.676. The largest absolute Gasteiger partial charge is 0.320 e. The lowest BCUT2D eigenvalue weighted by molar-refractivity contribution is 0.473. The van der Waals surface area contributed by atoms with Gasteiger partial charge in [0.05, 0.1) is 17.4 Å². The van der Waals surface area contributed by atoms with Crippen LogP contribution in [-0.4, -0.2) is 4.98 Å². The van der Waals surface area contributed by atoms with Crippen molar-refractivity contribution in [3.8, 4) is 0 Å². The van der Waals surface area contributed by atoms with Gasteiger partial charge >= 0.3 is 0 Å². The Labute approximate surface area is 111 Å². The number of aromatic nitrogens is 1. The molecule has 1 atom stereocenters. The average molecular weight is 265 g/mol. The van der Waals surface area contributed by atoms with Crippen LogP contribution in [0.2, 0.25) is 5.02 Å². The molecule has 1 aromatic heterocycles. The molecule has 0 radical (unpaired) electrons. The topological polar surface area (TPSA) is 38.9 Å². The quantitative estimate of drug-likeness (QED) is 0.924. The first kappa shape index (κ1) is 13.0. The van der Waals surface area contributed by atoms with Crippen LogP contribution in [-0.2, 0) is 12.0 Å². The van der Waals surface area contributed by atoms with Crippen LogP contribution in [0, 0.1) is 5.82 Å². The fourth-order valence-corrected chi connectivity index (χ4v) is 2.09. The zero-order chi connectivity index (χ0) is 13.2. The molecule has 0 aliphatic carbocycles. The van der Waals surface area contributed by atoms with Crippen molar-refractivity contribution in [2.75, 3.05) is 0 Å². The van der Waals surface area contributed by atoms with Crippen LogP contribution in [0.4, 0.5) is 4.39 Å². The summed E-state index contributed by atoms with van der Waals surface area (Å²) in [6.07, 6.45) is 1.77. The summed E-state index contributed by atoms with van der Waals surface area (Å²) in [6, 6.07) is 10.5. The summed E-state index contributed by atoms with van der Waals surface area (Å²) in [5.74, 6) is -0.364. The van der Waals surface area contributed by atoms with Gasteiger partial charge in [-0.3, -0.25) is 4.98 Å². The van der Waals surface area contributed by atoms with Gasteiger partial charge in [0.2, 0.25) is 0 Å². The molecule has 0 aliphatic heterocycles. The highest BCUT2D eigenvalue weighted by Gasteiger charge is 2.23. The normalized spacial score (nSPS) is 14.2. The second kappa shape index (κ2) is 5.04. The minimum absolute atomic E-state index is 0.364. The molecule has 4 heteroatoms. The summed E-state index contributed by atoms with van der Waals surface area (Å²) in [4.78, 5) is 4.04. The number of rotatable bonds is 3. The van der Waals surface area contributed by atoms with Crippen LogP contribution in [0.15, 0.2) is 42.6 Å². The third-order valence-corrected chi connectivity index (χ3v) is 3.01. The van der Waals surface area contributed by atoms with Gasteiger partial charge in [-0.25, -0.2) is 4.39 Å². The average Bonchev–Trinajstić information content (AvgIpc) is 2.29. The van der Waals surface area contributed by atoms with E-state index in [0.29, 0.717) is 17.1 Å². The molecule has 0 amide bonds. The predicted molar refractivity (Wildman–Crippen MR) is 70.9 cm³/mol. The maximum absolute atomic E-state index is 12.8. The van der Waals surface area contributed by atoms with Crippen LogP contribution in [0.3, 0.4) is 0 Å². The minimum atomic E-state index is -0.654. The summed E-state index contributed by atoms with van der Waals surface area (Å²) in [5.41, 5.74) is 7.27. The summed E-state index contributed by atoms with van der Waals surface area (Å²) >= 11 is 5.93. The van der Waals surface area contributed by atoms with Crippen molar-refractivity contribution in [2.24, 2.45) is 5.73 Å². The first-order valence-electron chi connectivity index (χ1n) is 5.63. The molecular weight excluding hydrogens is 251 g/mol. The Bertz CT molecular complexity index is 538. The lowest BCUT2D eigenvalue weighted by Gasteiger charge is -2.24. The lowest BCUT2D eigenvalue weighted by atomic mass is 9.90. The molecule has 1 heterocycles. The van der Waals surface area contributed by atoms with Crippen molar-refractivity contribution in [1.29, 1.82) is 0 Å². The Morgan fingerprint density at radius 2 is 2.11 bits per heavy atom. The number of nitrogens with two attached hydrogens (primary N) is 1. The molecule has 94 valence electrons. The molecule has 2 aromatic rings. The molecule has 0 aliphatic rings. The van der Waals surface area contributed by atoms with Crippen LogP contribution in [0.1, 0.15) is 18.2 Å². The molecule has 0 spiro atoms. The van der Waals surface area contributed by atoms with Gasteiger partial charge in [-0.2, -0.15) is 0 Å². The Hall–Kier alpha value is -1.45. The maximum Gasteiger partial charge on any atom is 0.141 e. The van der Waals surface area contributed by atoms with E-state index in [2.05, 4.69) is 4.98 Å². The molecule has 2 N–H and O–H groups in total. The fourth-order valence-electron chi connectivity index (χ4n) is 1.88. The molecule has 1 aromatic carbocycles. The van der Waals surface area contributed by atoms with Gasteiger partial charge in [0.1, 0.15) is 5.82 Å². The maximum atomic E-state index is 12.8. The molecule has 1 unspecified atom stereocenters. The Morgan fingerprint density at radius 1 is 1.33 bits per heavy atom. The van der Waals surface area contributed by atoms with Gasteiger partial charge in [0.15, 0.2) is 0 Å². The van der Waals surface area contributed by atoms with E-state index in [1.165, 1.54) is 12.3 Å². The summed E-state index contributed by atoms with van der Waals surface area (Å²) < 4.78 is 12.8. The van der Waals surface area contributed by atoms with Crippen LogP contribution in [0.25, 0.3) is 0 Å². The van der Waals surface area contributed by atoms with Gasteiger partial charge < -0.3 is 5.73 Å². The first-order valence-corrected chi connectivity index (χ1v) is 6.00. The van der Waals surface area contributed by atoms with E-state index in [-0.39, 0.29) is 5.82 Å². The van der Waals surface area contributed by atoms with E-state index in [4.69, 9.17) is 17.3 Å². The molecule has 0 saturated carbocycles. The fraction of sp³-hybridized carbons (Fsp3) is 0.214. The number of benzene rings is 1. The highest BCUT2D eigenvalue weighted by atomic mass is 35.5. The zero-order valence-electron chi connectivity index (χ0n) is 10.0. The lowest BCUT2D eigenvalue weighted by Crippen LogP contribution is -2.36. The van der Waals surface area contributed by atoms with Crippen molar-refractivity contribution >= 4 is 11.6 Å². The Balaban J connectivity index is 2.23. The number of pyridine rings is 1. The SMILES string of the molecule is CC(N)(Cc1cccc(Cl)c1)c1ccc(F)cn1. The number of halogens is 2. The van der Waals surface area contributed by atoms with Crippen molar-refractivity contribution in [3.63, 3.8) is 0 Å². The summed E-state index contributed by atoms with van der Waals surface area (Å²) in [7, 11) is 0. The number of hydrogen-bond donors (Lipinski definition) is 1. The van der Waals surface area contributed by atoms with Crippen LogP contribution >= 0.6 is 11.6 Å². The minimum Gasteiger partial charge on any atom is -0.320 e. The highest BCUT2D eigenvalue weighted by molar-refractivity contribution is 6.30. The van der Waals surface area contributed by atoms with Gasteiger partial charge in [0.25, 0.3) is 0 Å². The molecular formula is C14H14ClFN2. The van der Waals surface area contributed by atoms with E-state index in [0.717, 1.165) is 5.56 Å². The molecule has 0 bridgehead atoms. The standard InChI is InChI=1S/C14H14ClFN2/c1-14(17,13-6-5-12(16)9-18-13)8-10-3-2-4-11(15)7-10/h2-7,9H,8,17H2,1H3. The zero-order valence-corrected chi connectivity index (χ0v) is 10.8. The van der Waals surface area contributed by atoms with Crippen LogP contribution < -0.4 is 5.73 Å². The summed E-state index contributed by atoms with van der Waals surface area (Å²) in [6.45, 7) is 1.87. The highest BCUT2D eigenvalue weighted by Crippen LogP contribution is 2.22. The Morgan fingerprint density at radius 3 is 2.72 bits per heavy atom. The smallest absolute Gasteiger partial charge is 0.141 e. The second-order valence-corrected chi connectivity index (χ2v) is 5.02. The third kappa shape index (κ3) is 3.06. The monoisotopic (exact) mass is 264 g/mol. The van der Waals surface area contributed by atoms with Gasteiger partial charge in [-0.1, -0.05) is 23.7 Å². The molecule has 0 saturated heterocycles. The van der Waals surface area contributed by atoms with Gasteiger partial charge in [-0.15, -0.1) is 0 Å². The molecule has 2 rings (SSSR count). The van der Waals surface area contributed by atoms with Gasteiger partial charge in [-0.05, 0) is 43.2 Å². The van der Waals surface area contributed by atoms with E-state index >= 15 is 0 Å². The third-order valence-electron chi connectivity index (χ3n) is 2.77. The van der Waals surface area contributed by atoms with Crippen molar-refractivity contribution < 1.29 is 4.39 Å². The van der Waals surface area contributed by atoms with E-state index in [9.17, 15) is 4.39 Å². The van der Waals surface area contributed by atoms with Crippen LogP contribution in [0.5, 0.6) is 0 Å². The molecule has 0 fully saturated rings. The Kier molecular flexibility index (Phi) is 3.64. The van der Waals surface area contributed by atoms with Crippen molar-refractivity contribution in [3.05, 3.63) is 64.7 Å². The molecule has 2 nitrogen and oxygen atoms in total. The number of nitrogens with zero attached hydrogens (tertiary/aromatic N) is 1. The molecule has 18 heavy (non-hydrogen) atoms. The van der Waals surface area contributed by atoms with E-state index in [1.54, 1.807) is 6.07 Å². The van der Waals surface area contributed by atoms with E-state index < -0.39 is 5.54 Å². The van der Waals surface area contributed by atoms with Crippen molar-refractivity contribution in [1.82, 2.24) is 4.98 Å². The second-order valence-electron chi connectivity index (χ2n) is 4.59. The van der Waals surface area contributed by atoms with Gasteiger partial charge in [0, 0.05) is 5.02 Å². The first-order chi connectivity index (χ1) is 8.47.